The molecular weight excluding hydrogens is 339 g/mol. The van der Waals surface area contributed by atoms with E-state index in [1.54, 1.807) is 0 Å². The van der Waals surface area contributed by atoms with Crippen LogP contribution in [-0.4, -0.2) is 72.7 Å². The second-order valence-electron chi connectivity index (χ2n) is 6.43. The lowest BCUT2D eigenvalue weighted by Crippen LogP contribution is -2.44. The van der Waals surface area contributed by atoms with Crippen LogP contribution in [0.2, 0.25) is 0 Å². The van der Waals surface area contributed by atoms with Gasteiger partial charge in [-0.05, 0) is 25.0 Å². The van der Waals surface area contributed by atoms with Crippen LogP contribution >= 0.6 is 0 Å². The van der Waals surface area contributed by atoms with Crippen molar-refractivity contribution in [3.05, 3.63) is 24.0 Å². The number of hydrogen-bond donors (Lipinski definition) is 2. The molecule has 2 N–H and O–H groups in total. The van der Waals surface area contributed by atoms with Crippen LogP contribution in [0, 0.1) is 5.82 Å². The summed E-state index contributed by atoms with van der Waals surface area (Å²) in [7, 11) is 0. The molecule has 0 bridgehead atoms. The van der Waals surface area contributed by atoms with Crippen molar-refractivity contribution in [1.82, 2.24) is 9.80 Å². The Morgan fingerprint density at radius 3 is 2.85 bits per heavy atom. The number of rotatable bonds is 5. The fourth-order valence-corrected chi connectivity index (χ4v) is 3.11. The molecule has 1 aromatic carbocycles. The van der Waals surface area contributed by atoms with Crippen molar-refractivity contribution in [3.63, 3.8) is 0 Å². The summed E-state index contributed by atoms with van der Waals surface area (Å²) in [6, 6.07) is 3.76. The summed E-state index contributed by atoms with van der Waals surface area (Å²) in [5.74, 6) is 0.335. The van der Waals surface area contributed by atoms with Crippen molar-refractivity contribution in [1.29, 1.82) is 0 Å². The van der Waals surface area contributed by atoms with Gasteiger partial charge in [-0.25, -0.2) is 4.39 Å². The molecule has 2 fully saturated rings. The predicted octanol–water partition coefficient (Wildman–Crippen LogP) is 1.64. The third-order valence-corrected chi connectivity index (χ3v) is 4.53. The number of halogens is 1. The SMILES string of the molecule is O=C1CCCN1CCCN=C(Nc1cc(F)ccc1O)N1CCOCC1. The molecule has 2 heterocycles. The zero-order valence-electron chi connectivity index (χ0n) is 14.8. The Kier molecular flexibility index (Phi) is 6.27. The van der Waals surface area contributed by atoms with E-state index < -0.39 is 5.82 Å². The number of phenols is 1. The number of likely N-dealkylation sites (tertiary alicyclic amines) is 1. The summed E-state index contributed by atoms with van der Waals surface area (Å²) >= 11 is 0. The first-order valence-corrected chi connectivity index (χ1v) is 9.04. The van der Waals surface area contributed by atoms with Crippen molar-refractivity contribution in [2.45, 2.75) is 19.3 Å². The van der Waals surface area contributed by atoms with Crippen molar-refractivity contribution < 1.29 is 19.0 Å². The Labute approximate surface area is 152 Å². The van der Waals surface area contributed by atoms with Crippen molar-refractivity contribution in [2.75, 3.05) is 51.3 Å². The van der Waals surface area contributed by atoms with Gasteiger partial charge in [-0.3, -0.25) is 9.79 Å². The largest absolute Gasteiger partial charge is 0.506 e. The van der Waals surface area contributed by atoms with E-state index >= 15 is 0 Å². The molecule has 1 amide bonds. The van der Waals surface area contributed by atoms with Crippen molar-refractivity contribution in [3.8, 4) is 5.75 Å². The van der Waals surface area contributed by atoms with E-state index in [1.807, 2.05) is 9.80 Å². The second kappa shape index (κ2) is 8.84. The van der Waals surface area contributed by atoms with Crippen LogP contribution in [0.5, 0.6) is 5.75 Å². The molecule has 8 heteroatoms. The molecule has 0 unspecified atom stereocenters. The summed E-state index contributed by atoms with van der Waals surface area (Å²) in [6.45, 7) is 4.60. The highest BCUT2D eigenvalue weighted by Crippen LogP contribution is 2.24. The van der Waals surface area contributed by atoms with E-state index in [9.17, 15) is 14.3 Å². The minimum absolute atomic E-state index is 0.0324. The van der Waals surface area contributed by atoms with Gasteiger partial charge in [-0.1, -0.05) is 0 Å². The predicted molar refractivity (Wildman–Crippen MR) is 96.8 cm³/mol. The highest BCUT2D eigenvalue weighted by atomic mass is 19.1. The third kappa shape index (κ3) is 4.85. The van der Waals surface area contributed by atoms with Gasteiger partial charge in [0, 0.05) is 45.2 Å². The van der Waals surface area contributed by atoms with Gasteiger partial charge in [0.25, 0.3) is 0 Å². The van der Waals surface area contributed by atoms with E-state index in [0.717, 1.165) is 19.4 Å². The quantitative estimate of drug-likeness (QED) is 0.360. The van der Waals surface area contributed by atoms with Crippen molar-refractivity contribution >= 4 is 17.6 Å². The Hall–Kier alpha value is -2.35. The fourth-order valence-electron chi connectivity index (χ4n) is 3.11. The number of nitrogens with one attached hydrogen (secondary N) is 1. The average Bonchev–Trinajstić information content (AvgIpc) is 3.06. The smallest absolute Gasteiger partial charge is 0.222 e. The maximum Gasteiger partial charge on any atom is 0.222 e. The highest BCUT2D eigenvalue weighted by molar-refractivity contribution is 5.95. The summed E-state index contributed by atoms with van der Waals surface area (Å²) in [6.07, 6.45) is 2.33. The minimum atomic E-state index is -0.431. The molecule has 0 atom stereocenters. The number of amides is 1. The maximum atomic E-state index is 13.5. The Balaban J connectivity index is 1.64. The van der Waals surface area contributed by atoms with E-state index in [1.165, 1.54) is 18.2 Å². The van der Waals surface area contributed by atoms with Crippen molar-refractivity contribution in [2.24, 2.45) is 4.99 Å². The maximum absolute atomic E-state index is 13.5. The molecule has 2 saturated heterocycles. The van der Waals surface area contributed by atoms with Crippen LogP contribution in [0.3, 0.4) is 0 Å². The lowest BCUT2D eigenvalue weighted by molar-refractivity contribution is -0.127. The summed E-state index contributed by atoms with van der Waals surface area (Å²) in [5.41, 5.74) is 0.282. The number of morpholine rings is 1. The minimum Gasteiger partial charge on any atom is -0.506 e. The number of ether oxygens (including phenoxy) is 1. The number of carbonyl (C=O) groups excluding carboxylic acids is 1. The van der Waals surface area contributed by atoms with Gasteiger partial charge < -0.3 is 25.0 Å². The van der Waals surface area contributed by atoms with Gasteiger partial charge in [0.05, 0.1) is 18.9 Å². The molecule has 0 spiro atoms. The molecular formula is C18H25FN4O3. The number of anilines is 1. The summed E-state index contributed by atoms with van der Waals surface area (Å²) < 4.78 is 18.9. The number of carbonyl (C=O) groups is 1. The molecule has 142 valence electrons. The molecule has 2 aliphatic heterocycles. The average molecular weight is 364 g/mol. The molecule has 0 aliphatic carbocycles. The number of phenolic OH excluding ortho intramolecular Hbond substituents is 1. The summed E-state index contributed by atoms with van der Waals surface area (Å²) in [4.78, 5) is 20.1. The first kappa shape index (κ1) is 18.4. The van der Waals surface area contributed by atoms with Gasteiger partial charge in [0.1, 0.15) is 11.6 Å². The van der Waals surface area contributed by atoms with Crippen LogP contribution in [0.4, 0.5) is 10.1 Å². The van der Waals surface area contributed by atoms with Gasteiger partial charge >= 0.3 is 0 Å². The second-order valence-corrected chi connectivity index (χ2v) is 6.43. The molecule has 3 rings (SSSR count). The van der Waals surface area contributed by atoms with Gasteiger partial charge in [0.2, 0.25) is 5.91 Å². The topological polar surface area (TPSA) is 77.4 Å². The van der Waals surface area contributed by atoms with Crippen LogP contribution in [-0.2, 0) is 9.53 Å². The van der Waals surface area contributed by atoms with Crippen LogP contribution in [0.15, 0.2) is 23.2 Å². The standard InChI is InChI=1S/C18H25FN4O3/c19-14-4-5-16(24)15(13-14)21-18(23-9-11-26-12-10-23)20-6-2-8-22-7-1-3-17(22)25/h4-5,13,24H,1-3,6-12H2,(H,20,21). The first-order valence-electron chi connectivity index (χ1n) is 9.04. The molecule has 1 aromatic rings. The number of aromatic hydroxyl groups is 1. The van der Waals surface area contributed by atoms with Gasteiger partial charge in [0.15, 0.2) is 5.96 Å². The number of hydrogen-bond acceptors (Lipinski definition) is 4. The van der Waals surface area contributed by atoms with E-state index in [0.29, 0.717) is 51.8 Å². The Morgan fingerprint density at radius 1 is 1.31 bits per heavy atom. The fraction of sp³-hybridized carbons (Fsp3) is 0.556. The van der Waals surface area contributed by atoms with Crippen LogP contribution in [0.1, 0.15) is 19.3 Å². The molecule has 2 aliphatic rings. The van der Waals surface area contributed by atoms with Gasteiger partial charge in [-0.15, -0.1) is 0 Å². The van der Waals surface area contributed by atoms with Crippen LogP contribution in [0.25, 0.3) is 0 Å². The molecule has 0 saturated carbocycles. The van der Waals surface area contributed by atoms with E-state index in [-0.39, 0.29) is 17.3 Å². The number of nitrogens with zero attached hydrogens (tertiary/aromatic N) is 3. The molecule has 0 aromatic heterocycles. The Morgan fingerprint density at radius 2 is 2.12 bits per heavy atom. The van der Waals surface area contributed by atoms with E-state index in [2.05, 4.69) is 10.3 Å². The summed E-state index contributed by atoms with van der Waals surface area (Å²) in [5, 5.41) is 13.0. The van der Waals surface area contributed by atoms with E-state index in [4.69, 9.17) is 4.74 Å². The molecule has 7 nitrogen and oxygen atoms in total. The Bertz CT molecular complexity index is 662. The lowest BCUT2D eigenvalue weighted by atomic mass is 10.3. The molecule has 0 radical (unpaired) electrons. The normalized spacial score (nSPS) is 18.5. The molecule has 26 heavy (non-hydrogen) atoms. The number of benzene rings is 1. The number of aliphatic imine (C=N–C) groups is 1. The monoisotopic (exact) mass is 364 g/mol. The zero-order valence-corrected chi connectivity index (χ0v) is 14.8. The van der Waals surface area contributed by atoms with Crippen LogP contribution < -0.4 is 5.32 Å². The van der Waals surface area contributed by atoms with Gasteiger partial charge in [-0.2, -0.15) is 0 Å². The first-order chi connectivity index (χ1) is 12.6. The lowest BCUT2D eigenvalue weighted by Gasteiger charge is -2.30. The zero-order chi connectivity index (χ0) is 18.4. The third-order valence-electron chi connectivity index (χ3n) is 4.53. The highest BCUT2D eigenvalue weighted by Gasteiger charge is 2.20. The number of guanidine groups is 1.